The van der Waals surface area contributed by atoms with E-state index in [1.165, 1.54) is 0 Å². The summed E-state index contributed by atoms with van der Waals surface area (Å²) < 4.78 is 1.61. The van der Waals surface area contributed by atoms with Crippen LogP contribution in [0.5, 0.6) is 0 Å². The summed E-state index contributed by atoms with van der Waals surface area (Å²) in [5.74, 6) is 5.69. The zero-order valence-corrected chi connectivity index (χ0v) is 9.06. The largest absolute Gasteiger partial charge is 0.316 e. The number of benzene rings is 1. The van der Waals surface area contributed by atoms with E-state index in [1.54, 1.807) is 9.43 Å². The second-order valence-corrected chi connectivity index (χ2v) is 3.97. The third-order valence-electron chi connectivity index (χ3n) is 2.07. The zero-order chi connectivity index (χ0) is 10.7. The van der Waals surface area contributed by atoms with Gasteiger partial charge < -0.3 is 5.43 Å². The van der Waals surface area contributed by atoms with Crippen molar-refractivity contribution in [2.75, 3.05) is 25.4 Å². The summed E-state index contributed by atoms with van der Waals surface area (Å²) in [4.78, 5) is 0. The van der Waals surface area contributed by atoms with Crippen LogP contribution in [-0.4, -0.2) is 34.4 Å². The molecular formula is C9H14ClN5. The third-order valence-corrected chi connectivity index (χ3v) is 2.29. The quantitative estimate of drug-likeness (QED) is 0.579. The predicted molar refractivity (Wildman–Crippen MR) is 60.2 cm³/mol. The Morgan fingerprint density at radius 2 is 1.87 bits per heavy atom. The molecule has 5 nitrogen and oxygen atoms in total. The lowest BCUT2D eigenvalue weighted by molar-refractivity contribution is 0.0300. The molecule has 0 amide bonds. The minimum Gasteiger partial charge on any atom is -0.316 e. The van der Waals surface area contributed by atoms with E-state index in [2.05, 4.69) is 5.43 Å². The lowest BCUT2D eigenvalue weighted by Crippen LogP contribution is -2.56. The van der Waals surface area contributed by atoms with Gasteiger partial charge in [-0.05, 0) is 23.9 Å². The molecule has 0 aromatic heterocycles. The second-order valence-electron chi connectivity index (χ2n) is 3.49. The molecule has 1 aromatic rings. The Kier molecular flexibility index (Phi) is 3.40. The molecule has 0 aliphatic carbocycles. The van der Waals surface area contributed by atoms with Gasteiger partial charge in [-0.2, -0.15) is 9.43 Å². The van der Waals surface area contributed by atoms with E-state index in [0.29, 0.717) is 20.0 Å². The van der Waals surface area contributed by atoms with Crippen LogP contribution >= 0.6 is 11.8 Å². The molecule has 15 heavy (non-hydrogen) atoms. The van der Waals surface area contributed by atoms with Crippen molar-refractivity contribution in [1.82, 2.24) is 14.4 Å². The van der Waals surface area contributed by atoms with Crippen LogP contribution in [0.3, 0.4) is 0 Å². The summed E-state index contributed by atoms with van der Waals surface area (Å²) in [5.41, 5.74) is 4.25. The number of hydrogen-bond acceptors (Lipinski definition) is 5. The predicted octanol–water partition coefficient (Wildman–Crippen LogP) is 0.833. The molecule has 1 aliphatic rings. The summed E-state index contributed by atoms with van der Waals surface area (Å²) in [5, 5.41) is 3.57. The Morgan fingerprint density at radius 3 is 2.53 bits per heavy atom. The van der Waals surface area contributed by atoms with Gasteiger partial charge in [-0.1, -0.05) is 18.2 Å². The zero-order valence-electron chi connectivity index (χ0n) is 8.31. The molecule has 82 valence electrons. The first-order valence-electron chi connectivity index (χ1n) is 4.71. The topological polar surface area (TPSA) is 47.8 Å². The molecule has 1 saturated heterocycles. The van der Waals surface area contributed by atoms with Crippen LogP contribution in [0.1, 0.15) is 0 Å². The average molecular weight is 228 g/mol. The minimum absolute atomic E-state index is 0.564. The highest BCUT2D eigenvalue weighted by atomic mass is 35.5. The Hall–Kier alpha value is -0.850. The number of nitrogens with zero attached hydrogens (tertiary/aromatic N) is 3. The number of rotatable bonds is 2. The Balaban J connectivity index is 1.94. The van der Waals surface area contributed by atoms with Crippen molar-refractivity contribution < 1.29 is 0 Å². The van der Waals surface area contributed by atoms with Gasteiger partial charge in [-0.15, -0.1) is 0 Å². The lowest BCUT2D eigenvalue weighted by atomic mass is 10.3. The number of hydrogen-bond donors (Lipinski definition) is 2. The molecule has 1 heterocycles. The highest BCUT2D eigenvalue weighted by Crippen LogP contribution is 2.10. The van der Waals surface area contributed by atoms with Gasteiger partial charge in [0.25, 0.3) is 0 Å². The van der Waals surface area contributed by atoms with Crippen LogP contribution in [0.4, 0.5) is 5.69 Å². The van der Waals surface area contributed by atoms with Crippen LogP contribution in [0.25, 0.3) is 0 Å². The number of para-hydroxylation sites is 1. The van der Waals surface area contributed by atoms with Crippen molar-refractivity contribution >= 4 is 17.5 Å². The first-order chi connectivity index (χ1) is 7.24. The van der Waals surface area contributed by atoms with Gasteiger partial charge in [0, 0.05) is 5.69 Å². The number of halogens is 1. The van der Waals surface area contributed by atoms with Crippen molar-refractivity contribution in [3.63, 3.8) is 0 Å². The standard InChI is InChI=1S/C9H14ClN5/c10-13-6-14(11)8-15(7-13)12-9-4-2-1-3-5-9/h1-5,12H,6-8,11H2. The van der Waals surface area contributed by atoms with Crippen LogP contribution in [0, 0.1) is 0 Å². The number of nitrogens with one attached hydrogen (secondary N) is 1. The molecule has 0 bridgehead atoms. The van der Waals surface area contributed by atoms with Crippen LogP contribution in [-0.2, 0) is 0 Å². The summed E-state index contributed by atoms with van der Waals surface area (Å²) in [6.07, 6.45) is 0. The van der Waals surface area contributed by atoms with E-state index in [1.807, 2.05) is 35.3 Å². The van der Waals surface area contributed by atoms with Gasteiger partial charge >= 0.3 is 0 Å². The molecule has 1 aliphatic heterocycles. The molecule has 3 N–H and O–H groups in total. The van der Waals surface area contributed by atoms with Gasteiger partial charge in [-0.3, -0.25) is 5.84 Å². The van der Waals surface area contributed by atoms with Gasteiger partial charge in [0.05, 0.1) is 20.0 Å². The van der Waals surface area contributed by atoms with E-state index < -0.39 is 0 Å². The number of nitrogens with two attached hydrogens (primary N) is 1. The maximum Gasteiger partial charge on any atom is 0.0868 e. The Labute approximate surface area is 94.0 Å². The van der Waals surface area contributed by atoms with Crippen LogP contribution in [0.2, 0.25) is 0 Å². The highest BCUT2D eigenvalue weighted by molar-refractivity contribution is 6.13. The molecular weight excluding hydrogens is 214 g/mol. The lowest BCUT2D eigenvalue weighted by Gasteiger charge is -2.37. The maximum absolute atomic E-state index is 5.90. The molecule has 0 saturated carbocycles. The fourth-order valence-corrected chi connectivity index (χ4v) is 1.77. The molecule has 1 aromatic carbocycles. The van der Waals surface area contributed by atoms with E-state index in [-0.39, 0.29) is 0 Å². The minimum atomic E-state index is 0.564. The monoisotopic (exact) mass is 227 g/mol. The van der Waals surface area contributed by atoms with Crippen molar-refractivity contribution in [3.05, 3.63) is 30.3 Å². The van der Waals surface area contributed by atoms with Gasteiger partial charge in [0.2, 0.25) is 0 Å². The molecule has 1 fully saturated rings. The van der Waals surface area contributed by atoms with Crippen molar-refractivity contribution in [2.24, 2.45) is 5.84 Å². The van der Waals surface area contributed by atoms with Gasteiger partial charge in [0.1, 0.15) is 0 Å². The molecule has 0 atom stereocenters. The number of hydrazine groups is 2. The maximum atomic E-state index is 5.90. The first kappa shape index (κ1) is 10.7. The SMILES string of the molecule is NN1CN(Cl)CN(Nc2ccccc2)C1. The van der Waals surface area contributed by atoms with Crippen molar-refractivity contribution in [3.8, 4) is 0 Å². The smallest absolute Gasteiger partial charge is 0.0868 e. The molecule has 0 spiro atoms. The second kappa shape index (κ2) is 4.78. The van der Waals surface area contributed by atoms with E-state index in [4.69, 9.17) is 17.6 Å². The highest BCUT2D eigenvalue weighted by Gasteiger charge is 2.19. The van der Waals surface area contributed by atoms with Crippen LogP contribution < -0.4 is 11.3 Å². The van der Waals surface area contributed by atoms with Gasteiger partial charge in [-0.25, -0.2) is 5.01 Å². The van der Waals surface area contributed by atoms with E-state index in [9.17, 15) is 0 Å². The Bertz CT molecular complexity index is 297. The molecule has 6 heteroatoms. The fraction of sp³-hybridized carbons (Fsp3) is 0.333. The third kappa shape index (κ3) is 3.05. The molecule has 0 unspecified atom stereocenters. The molecule has 0 radical (unpaired) electrons. The van der Waals surface area contributed by atoms with Crippen molar-refractivity contribution in [1.29, 1.82) is 0 Å². The number of anilines is 1. The summed E-state index contributed by atoms with van der Waals surface area (Å²) in [7, 11) is 0. The fourth-order valence-electron chi connectivity index (χ4n) is 1.50. The Morgan fingerprint density at radius 1 is 1.13 bits per heavy atom. The summed E-state index contributed by atoms with van der Waals surface area (Å²) >= 11 is 5.90. The average Bonchev–Trinajstić information content (AvgIpc) is 2.17. The van der Waals surface area contributed by atoms with E-state index >= 15 is 0 Å². The summed E-state index contributed by atoms with van der Waals surface area (Å²) in [6, 6.07) is 9.92. The van der Waals surface area contributed by atoms with E-state index in [0.717, 1.165) is 5.69 Å². The van der Waals surface area contributed by atoms with Gasteiger partial charge in [0.15, 0.2) is 0 Å². The van der Waals surface area contributed by atoms with Crippen LogP contribution in [0.15, 0.2) is 30.3 Å². The molecule has 2 rings (SSSR count). The van der Waals surface area contributed by atoms with Crippen molar-refractivity contribution in [2.45, 2.75) is 0 Å². The normalized spacial score (nSPS) is 20.4. The first-order valence-corrected chi connectivity index (χ1v) is 5.05. The summed E-state index contributed by atoms with van der Waals surface area (Å²) in [6.45, 7) is 1.83.